The smallest absolute Gasteiger partial charge is 0.214 e. The summed E-state index contributed by atoms with van der Waals surface area (Å²) in [6, 6.07) is -0.348. The number of amides is 1. The van der Waals surface area contributed by atoms with Gasteiger partial charge < -0.3 is 15.2 Å². The molecule has 0 radical (unpaired) electrons. The van der Waals surface area contributed by atoms with Crippen molar-refractivity contribution >= 4 is 6.09 Å². The quantitative estimate of drug-likeness (QED) is 0.386. The van der Waals surface area contributed by atoms with Crippen LogP contribution in [-0.4, -0.2) is 18.7 Å². The van der Waals surface area contributed by atoms with E-state index in [2.05, 4.69) is 10.0 Å². The molecule has 0 aromatic heterocycles. The summed E-state index contributed by atoms with van der Waals surface area (Å²) in [5.74, 6) is 0. The van der Waals surface area contributed by atoms with Gasteiger partial charge in [0.25, 0.3) is 0 Å². The van der Waals surface area contributed by atoms with Gasteiger partial charge in [-0.1, -0.05) is 0 Å². The molecule has 0 rings (SSSR count). The Labute approximate surface area is 57.5 Å². The highest BCUT2D eigenvalue weighted by Crippen LogP contribution is 1.79. The molecule has 0 aliphatic rings. The van der Waals surface area contributed by atoms with Crippen LogP contribution in [0.4, 0.5) is 4.79 Å². The van der Waals surface area contributed by atoms with Gasteiger partial charge in [-0.05, 0) is 6.92 Å². The van der Waals surface area contributed by atoms with Crippen LogP contribution >= 0.6 is 0 Å². The Hall–Kier alpha value is -1.42. The van der Waals surface area contributed by atoms with E-state index in [0.717, 1.165) is 0 Å². The Morgan fingerprint density at radius 2 is 2.60 bits per heavy atom. The maximum Gasteiger partial charge on any atom is 0.214 e. The molecule has 10 heavy (non-hydrogen) atoms. The fourth-order valence-corrected chi connectivity index (χ4v) is 0.410. The number of carbonyl (C=O) groups is 1. The molecular formula is C4H8N4O2. The first-order chi connectivity index (χ1) is 4.66. The lowest BCUT2D eigenvalue weighted by atomic mass is 10.3. The molecule has 1 amide bonds. The molecule has 0 aliphatic heterocycles. The minimum absolute atomic E-state index is 0.164. The summed E-state index contributed by atoms with van der Waals surface area (Å²) in [7, 11) is 0. The van der Waals surface area contributed by atoms with Crippen molar-refractivity contribution in [2.24, 2.45) is 5.11 Å². The van der Waals surface area contributed by atoms with Crippen LogP contribution < -0.4 is 15.3 Å². The second kappa shape index (κ2) is 4.46. The molecule has 0 aromatic carbocycles. The van der Waals surface area contributed by atoms with Crippen molar-refractivity contribution in [3.8, 4) is 0 Å². The maximum atomic E-state index is 9.83. The number of rotatable bonds is 3. The first-order valence-corrected chi connectivity index (χ1v) is 2.67. The zero-order chi connectivity index (χ0) is 7.98. The Morgan fingerprint density at radius 1 is 2.00 bits per heavy atom. The SMILES string of the molecule is C[C@@H](CN=[N+]=N)NC(=O)[O-]. The molecule has 0 heterocycles. The minimum atomic E-state index is -1.34. The summed E-state index contributed by atoms with van der Waals surface area (Å²) in [4.78, 5) is 12.5. The van der Waals surface area contributed by atoms with Gasteiger partial charge in [0.15, 0.2) is 0 Å². The molecule has 0 bridgehead atoms. The third-order valence-corrected chi connectivity index (χ3v) is 0.790. The fraction of sp³-hybridized carbons (Fsp3) is 0.750. The predicted octanol–water partition coefficient (Wildman–Crippen LogP) is -1.14. The van der Waals surface area contributed by atoms with Crippen molar-refractivity contribution in [1.29, 1.82) is 5.53 Å². The number of hydrogen-bond donors (Lipinski definition) is 2. The molecule has 6 heteroatoms. The van der Waals surface area contributed by atoms with E-state index in [0.29, 0.717) is 0 Å². The van der Waals surface area contributed by atoms with Crippen LogP contribution in [0.1, 0.15) is 6.92 Å². The lowest BCUT2D eigenvalue weighted by molar-refractivity contribution is -0.251. The summed E-state index contributed by atoms with van der Waals surface area (Å²) in [5, 5.41) is 15.1. The van der Waals surface area contributed by atoms with Gasteiger partial charge >= 0.3 is 0 Å². The molecule has 56 valence electrons. The van der Waals surface area contributed by atoms with Crippen molar-refractivity contribution < 1.29 is 9.90 Å². The molecule has 0 unspecified atom stereocenters. The first-order valence-electron chi connectivity index (χ1n) is 2.67. The highest BCUT2D eigenvalue weighted by Gasteiger charge is 2.00. The Balaban J connectivity index is 3.52. The van der Waals surface area contributed by atoms with Crippen molar-refractivity contribution in [3.63, 3.8) is 0 Å². The Morgan fingerprint density at radius 3 is 3.00 bits per heavy atom. The standard InChI is InChI=1S/C4H8N4O2/c1-3(2-6-8-5)7-4(9)10/h3,5,7H,2H2,1H3/t3-/m0/s1. The molecule has 2 N–H and O–H groups in total. The van der Waals surface area contributed by atoms with Crippen LogP contribution in [0.15, 0.2) is 5.11 Å². The lowest BCUT2D eigenvalue weighted by Gasteiger charge is -2.09. The van der Waals surface area contributed by atoms with Gasteiger partial charge in [-0.15, -0.1) is 0 Å². The van der Waals surface area contributed by atoms with E-state index in [4.69, 9.17) is 5.53 Å². The van der Waals surface area contributed by atoms with Crippen molar-refractivity contribution in [3.05, 3.63) is 0 Å². The zero-order valence-corrected chi connectivity index (χ0v) is 5.50. The Bertz CT molecular complexity index is 159. The summed E-state index contributed by atoms with van der Waals surface area (Å²) < 4.78 is 0. The molecule has 1 atom stereocenters. The monoisotopic (exact) mass is 144 g/mol. The summed E-state index contributed by atoms with van der Waals surface area (Å²) in [6.07, 6.45) is -1.34. The number of nitrogens with one attached hydrogen (secondary N) is 2. The molecule has 6 nitrogen and oxygen atoms in total. The van der Waals surface area contributed by atoms with Crippen LogP contribution in [0.2, 0.25) is 0 Å². The number of nitrogens with zero attached hydrogens (tertiary/aromatic N) is 2. The maximum absolute atomic E-state index is 9.83. The van der Waals surface area contributed by atoms with E-state index in [9.17, 15) is 9.90 Å². The highest BCUT2D eigenvalue weighted by molar-refractivity contribution is 5.62. The highest BCUT2D eigenvalue weighted by atomic mass is 16.4. The van der Waals surface area contributed by atoms with E-state index in [1.807, 2.05) is 5.32 Å². The normalized spacial score (nSPS) is 11.3. The topological polar surface area (TPSA) is 102 Å². The van der Waals surface area contributed by atoms with Crippen molar-refractivity contribution in [1.82, 2.24) is 10.2 Å². The van der Waals surface area contributed by atoms with Crippen LogP contribution in [0.3, 0.4) is 0 Å². The van der Waals surface area contributed by atoms with E-state index in [-0.39, 0.29) is 12.6 Å². The molecule has 0 saturated heterocycles. The lowest BCUT2D eigenvalue weighted by Crippen LogP contribution is -2.43. The van der Waals surface area contributed by atoms with Crippen molar-refractivity contribution in [2.75, 3.05) is 6.54 Å². The van der Waals surface area contributed by atoms with Crippen LogP contribution in [-0.2, 0) is 0 Å². The van der Waals surface area contributed by atoms with Crippen LogP contribution in [0, 0.1) is 5.53 Å². The van der Waals surface area contributed by atoms with Crippen molar-refractivity contribution in [2.45, 2.75) is 13.0 Å². The fourth-order valence-electron chi connectivity index (χ4n) is 0.410. The van der Waals surface area contributed by atoms with E-state index < -0.39 is 6.09 Å². The van der Waals surface area contributed by atoms with Crippen LogP contribution in [0.25, 0.3) is 0 Å². The van der Waals surface area contributed by atoms with Gasteiger partial charge in [-0.3, -0.25) is 0 Å². The summed E-state index contributed by atoms with van der Waals surface area (Å²) >= 11 is 0. The van der Waals surface area contributed by atoms with E-state index in [1.54, 1.807) is 6.92 Å². The summed E-state index contributed by atoms with van der Waals surface area (Å²) in [5.41, 5.74) is 6.25. The predicted molar refractivity (Wildman–Crippen MR) is 30.1 cm³/mol. The van der Waals surface area contributed by atoms with Gasteiger partial charge in [0, 0.05) is 0 Å². The molecule has 0 saturated carbocycles. The molecule has 0 spiro atoms. The second-order valence-electron chi connectivity index (χ2n) is 1.76. The number of carbonyl (C=O) groups excluding carboxylic acids is 1. The third-order valence-electron chi connectivity index (χ3n) is 0.790. The second-order valence-corrected chi connectivity index (χ2v) is 1.76. The zero-order valence-electron chi connectivity index (χ0n) is 5.50. The molecular weight excluding hydrogens is 136 g/mol. The molecule has 0 aliphatic carbocycles. The van der Waals surface area contributed by atoms with Gasteiger partial charge in [0.1, 0.15) is 23.3 Å². The summed E-state index contributed by atoms with van der Waals surface area (Å²) in [6.45, 7) is 1.77. The average Bonchev–Trinajstić information content (AvgIpc) is 1.82. The van der Waals surface area contributed by atoms with Crippen LogP contribution in [0.5, 0.6) is 0 Å². The first kappa shape index (κ1) is 8.58. The van der Waals surface area contributed by atoms with Gasteiger partial charge in [0.2, 0.25) is 4.91 Å². The van der Waals surface area contributed by atoms with E-state index >= 15 is 0 Å². The van der Waals surface area contributed by atoms with Gasteiger partial charge in [0.05, 0.1) is 6.04 Å². The minimum Gasteiger partial charge on any atom is -0.530 e. The molecule has 0 aromatic rings. The molecule has 0 fully saturated rings. The van der Waals surface area contributed by atoms with Gasteiger partial charge in [-0.2, -0.15) is 0 Å². The van der Waals surface area contributed by atoms with Gasteiger partial charge in [-0.25, -0.2) is 0 Å². The van der Waals surface area contributed by atoms with E-state index in [1.165, 1.54) is 0 Å². The Kier molecular flexibility index (Phi) is 3.83. The average molecular weight is 144 g/mol. The largest absolute Gasteiger partial charge is 0.530 e. The number of carboxylic acid groups (broad SMARTS) is 1. The third kappa shape index (κ3) is 4.73. The number of hydrogen-bond acceptors (Lipinski definition) is 4.